The van der Waals surface area contributed by atoms with Gasteiger partial charge in [-0.2, -0.15) is 10.2 Å². The van der Waals surface area contributed by atoms with Crippen molar-refractivity contribution in [1.82, 2.24) is 24.9 Å². The standard InChI is InChI=1S/C16H19N5O/c1-10-9-20(13-7-12(10)8-13)16(22)15-14(4-3-11(2)19-15)21-17-5-6-18-21/h3-6,10,12-13H,7-9H2,1-2H3. The molecule has 0 spiro atoms. The van der Waals surface area contributed by atoms with Crippen LogP contribution in [0.5, 0.6) is 0 Å². The largest absolute Gasteiger partial charge is 0.334 e. The summed E-state index contributed by atoms with van der Waals surface area (Å²) in [5, 5.41) is 8.29. The Morgan fingerprint density at radius 3 is 2.64 bits per heavy atom. The second kappa shape index (κ2) is 4.90. The molecule has 0 aromatic carbocycles. The molecule has 3 fully saturated rings. The summed E-state index contributed by atoms with van der Waals surface area (Å²) in [6.07, 6.45) is 5.48. The highest BCUT2D eigenvalue weighted by Crippen LogP contribution is 2.43. The summed E-state index contributed by atoms with van der Waals surface area (Å²) >= 11 is 0. The van der Waals surface area contributed by atoms with E-state index in [9.17, 15) is 4.79 Å². The third-order valence-corrected chi connectivity index (χ3v) is 4.99. The molecule has 3 aliphatic rings. The van der Waals surface area contributed by atoms with Crippen molar-refractivity contribution < 1.29 is 4.79 Å². The zero-order chi connectivity index (χ0) is 15.3. The summed E-state index contributed by atoms with van der Waals surface area (Å²) < 4.78 is 0. The Morgan fingerprint density at radius 1 is 1.23 bits per heavy atom. The van der Waals surface area contributed by atoms with E-state index in [1.54, 1.807) is 12.4 Å². The van der Waals surface area contributed by atoms with Gasteiger partial charge in [0.05, 0.1) is 12.4 Å². The molecule has 6 heteroatoms. The van der Waals surface area contributed by atoms with E-state index in [1.165, 1.54) is 4.80 Å². The molecule has 5 rings (SSSR count). The van der Waals surface area contributed by atoms with Gasteiger partial charge in [-0.15, -0.1) is 4.80 Å². The van der Waals surface area contributed by atoms with Crippen molar-refractivity contribution in [2.75, 3.05) is 6.54 Å². The molecule has 2 aliphatic heterocycles. The summed E-state index contributed by atoms with van der Waals surface area (Å²) in [4.78, 5) is 21.0. The average molecular weight is 297 g/mol. The Morgan fingerprint density at radius 2 is 1.95 bits per heavy atom. The second-order valence-electron chi connectivity index (χ2n) is 6.46. The number of aromatic nitrogens is 4. The van der Waals surface area contributed by atoms with Gasteiger partial charge in [-0.1, -0.05) is 6.92 Å². The van der Waals surface area contributed by atoms with Crippen LogP contribution in [0.15, 0.2) is 24.5 Å². The van der Waals surface area contributed by atoms with Gasteiger partial charge in [0.25, 0.3) is 5.91 Å². The van der Waals surface area contributed by atoms with Crippen LogP contribution in [0.2, 0.25) is 0 Å². The molecule has 0 N–H and O–H groups in total. The number of hydrogen-bond donors (Lipinski definition) is 0. The third-order valence-electron chi connectivity index (χ3n) is 4.99. The Bertz CT molecular complexity index is 705. The van der Waals surface area contributed by atoms with Crippen LogP contribution in [-0.2, 0) is 0 Å². The fourth-order valence-corrected chi connectivity index (χ4v) is 3.55. The van der Waals surface area contributed by atoms with Gasteiger partial charge < -0.3 is 4.90 Å². The second-order valence-corrected chi connectivity index (χ2v) is 6.46. The van der Waals surface area contributed by atoms with E-state index in [4.69, 9.17) is 0 Å². The molecule has 114 valence electrons. The lowest BCUT2D eigenvalue weighted by Gasteiger charge is -2.52. The number of carbonyl (C=O) groups excluding carboxylic acids is 1. The summed E-state index contributed by atoms with van der Waals surface area (Å²) in [6.45, 7) is 4.96. The fourth-order valence-electron chi connectivity index (χ4n) is 3.55. The minimum absolute atomic E-state index is 0.00556. The first-order valence-corrected chi connectivity index (χ1v) is 7.79. The van der Waals surface area contributed by atoms with Crippen molar-refractivity contribution in [2.45, 2.75) is 32.7 Å². The molecule has 1 amide bonds. The maximum Gasteiger partial charge on any atom is 0.275 e. The number of fused-ring (bicyclic) bond motifs is 2. The van der Waals surface area contributed by atoms with Gasteiger partial charge in [0.1, 0.15) is 5.69 Å². The first-order chi connectivity index (χ1) is 10.6. The smallest absolute Gasteiger partial charge is 0.275 e. The number of nitrogens with zero attached hydrogens (tertiary/aromatic N) is 5. The SMILES string of the molecule is Cc1ccc(-n2nccn2)c(C(=O)N2CC(C)C3CC2C3)n1. The van der Waals surface area contributed by atoms with E-state index in [1.807, 2.05) is 24.0 Å². The van der Waals surface area contributed by atoms with E-state index >= 15 is 0 Å². The molecular weight excluding hydrogens is 278 g/mol. The minimum atomic E-state index is 0.00556. The van der Waals surface area contributed by atoms with Gasteiger partial charge in [-0.3, -0.25) is 4.79 Å². The number of rotatable bonds is 2. The number of piperidine rings is 2. The topological polar surface area (TPSA) is 63.9 Å². The predicted molar refractivity (Wildman–Crippen MR) is 80.6 cm³/mol. The highest BCUT2D eigenvalue weighted by molar-refractivity contribution is 5.96. The Labute approximate surface area is 129 Å². The number of carbonyl (C=O) groups is 1. The molecule has 22 heavy (non-hydrogen) atoms. The van der Waals surface area contributed by atoms with E-state index in [0.29, 0.717) is 23.3 Å². The maximum absolute atomic E-state index is 13.0. The van der Waals surface area contributed by atoms with Crippen molar-refractivity contribution in [1.29, 1.82) is 0 Å². The zero-order valence-electron chi connectivity index (χ0n) is 12.8. The molecule has 2 aromatic rings. The van der Waals surface area contributed by atoms with Crippen LogP contribution >= 0.6 is 0 Å². The van der Waals surface area contributed by atoms with Crippen molar-refractivity contribution >= 4 is 5.91 Å². The van der Waals surface area contributed by atoms with Crippen molar-refractivity contribution in [3.05, 3.63) is 35.9 Å². The first-order valence-electron chi connectivity index (χ1n) is 7.79. The number of aryl methyl sites for hydroxylation is 1. The van der Waals surface area contributed by atoms with Gasteiger partial charge in [0.15, 0.2) is 5.69 Å². The van der Waals surface area contributed by atoms with E-state index in [0.717, 1.165) is 31.0 Å². The van der Waals surface area contributed by atoms with Crippen LogP contribution in [0.25, 0.3) is 5.69 Å². The van der Waals surface area contributed by atoms with Crippen molar-refractivity contribution in [3.8, 4) is 5.69 Å². The molecule has 6 nitrogen and oxygen atoms in total. The lowest BCUT2D eigenvalue weighted by Crippen LogP contribution is -2.57. The molecule has 1 atom stereocenters. The molecule has 4 heterocycles. The van der Waals surface area contributed by atoms with Gasteiger partial charge in [0, 0.05) is 18.3 Å². The van der Waals surface area contributed by atoms with Crippen LogP contribution in [0.3, 0.4) is 0 Å². The van der Waals surface area contributed by atoms with Gasteiger partial charge in [0.2, 0.25) is 0 Å². The molecule has 1 saturated carbocycles. The number of amides is 1. The summed E-state index contributed by atoms with van der Waals surface area (Å²) in [7, 11) is 0. The van der Waals surface area contributed by atoms with Crippen LogP contribution in [0, 0.1) is 18.8 Å². The lowest BCUT2D eigenvalue weighted by atomic mass is 9.68. The predicted octanol–water partition coefficient (Wildman–Crippen LogP) is 1.84. The Balaban J connectivity index is 1.72. The summed E-state index contributed by atoms with van der Waals surface area (Å²) in [6, 6.07) is 4.13. The highest BCUT2D eigenvalue weighted by Gasteiger charge is 2.45. The zero-order valence-corrected chi connectivity index (χ0v) is 12.8. The van der Waals surface area contributed by atoms with E-state index in [-0.39, 0.29) is 5.91 Å². The van der Waals surface area contributed by atoms with E-state index < -0.39 is 0 Å². The fraction of sp³-hybridized carbons (Fsp3) is 0.500. The lowest BCUT2D eigenvalue weighted by molar-refractivity contribution is -0.0150. The third kappa shape index (κ3) is 2.01. The molecule has 2 aromatic heterocycles. The van der Waals surface area contributed by atoms with Crippen LogP contribution in [0.1, 0.15) is 35.9 Å². The molecule has 1 unspecified atom stereocenters. The monoisotopic (exact) mass is 297 g/mol. The van der Waals surface area contributed by atoms with Gasteiger partial charge in [-0.05, 0) is 43.7 Å². The molecule has 0 radical (unpaired) electrons. The van der Waals surface area contributed by atoms with Gasteiger partial charge >= 0.3 is 0 Å². The summed E-state index contributed by atoms with van der Waals surface area (Å²) in [5.41, 5.74) is 1.93. The summed E-state index contributed by atoms with van der Waals surface area (Å²) in [5.74, 6) is 1.38. The minimum Gasteiger partial charge on any atom is -0.334 e. The normalized spacial score (nSPS) is 26.6. The van der Waals surface area contributed by atoms with Gasteiger partial charge in [-0.25, -0.2) is 4.98 Å². The van der Waals surface area contributed by atoms with Crippen LogP contribution in [-0.4, -0.2) is 43.4 Å². The highest BCUT2D eigenvalue weighted by atomic mass is 16.2. The van der Waals surface area contributed by atoms with Crippen molar-refractivity contribution in [2.24, 2.45) is 11.8 Å². The quantitative estimate of drug-likeness (QED) is 0.848. The Hall–Kier alpha value is -2.24. The number of hydrogen-bond acceptors (Lipinski definition) is 4. The molecule has 1 aliphatic carbocycles. The molecule has 2 bridgehead atoms. The molecule has 2 saturated heterocycles. The van der Waals surface area contributed by atoms with Crippen molar-refractivity contribution in [3.63, 3.8) is 0 Å². The number of pyridine rings is 1. The van der Waals surface area contributed by atoms with Crippen LogP contribution in [0.4, 0.5) is 0 Å². The first kappa shape index (κ1) is 13.4. The molecular formula is C16H19N5O. The maximum atomic E-state index is 13.0. The van der Waals surface area contributed by atoms with Crippen LogP contribution < -0.4 is 0 Å². The van der Waals surface area contributed by atoms with E-state index in [2.05, 4.69) is 22.1 Å². The Kier molecular flexibility index (Phi) is 2.99. The average Bonchev–Trinajstić information content (AvgIpc) is 2.98.